The van der Waals surface area contributed by atoms with Crippen molar-refractivity contribution in [2.24, 2.45) is 10.9 Å². The second kappa shape index (κ2) is 7.59. The molecule has 2 aliphatic rings. The fourth-order valence-corrected chi connectivity index (χ4v) is 3.24. The minimum atomic E-state index is -2.60. The van der Waals surface area contributed by atoms with Crippen LogP contribution < -0.4 is 0 Å². The van der Waals surface area contributed by atoms with E-state index in [1.54, 1.807) is 4.90 Å². The number of likely N-dealkylation sites (tertiary alicyclic amines) is 1. The highest BCUT2D eigenvalue weighted by atomic mass is 19.3. The predicted molar refractivity (Wildman–Crippen MR) is 93.0 cm³/mol. The Kier molecular flexibility index (Phi) is 5.99. The first-order valence-corrected chi connectivity index (χ1v) is 8.88. The number of nitrogens with zero attached hydrogens (tertiary/aromatic N) is 2. The SMILES string of the molecule is CC/C(C)=C(/C=C(\N=C(C)C)N1CCCC(F)(F)C1)C1CCC1. The third-order valence-corrected chi connectivity index (χ3v) is 4.91. The summed E-state index contributed by atoms with van der Waals surface area (Å²) in [6.45, 7) is 8.63. The van der Waals surface area contributed by atoms with Crippen molar-refractivity contribution >= 4 is 5.71 Å². The lowest BCUT2D eigenvalue weighted by Crippen LogP contribution is -2.41. The quantitative estimate of drug-likeness (QED) is 0.477. The van der Waals surface area contributed by atoms with Gasteiger partial charge in [0.25, 0.3) is 5.92 Å². The molecule has 1 saturated heterocycles. The van der Waals surface area contributed by atoms with Crippen LogP contribution >= 0.6 is 0 Å². The first-order chi connectivity index (χ1) is 10.8. The lowest BCUT2D eigenvalue weighted by Gasteiger charge is -2.35. The van der Waals surface area contributed by atoms with Crippen LogP contribution in [-0.4, -0.2) is 29.6 Å². The minimum absolute atomic E-state index is 0.00902. The highest BCUT2D eigenvalue weighted by molar-refractivity contribution is 5.80. The topological polar surface area (TPSA) is 15.6 Å². The summed E-state index contributed by atoms with van der Waals surface area (Å²) < 4.78 is 27.6. The molecule has 2 rings (SSSR count). The molecule has 0 radical (unpaired) electrons. The first kappa shape index (κ1) is 18.2. The number of alkyl halides is 2. The Labute approximate surface area is 139 Å². The van der Waals surface area contributed by atoms with E-state index in [2.05, 4.69) is 24.9 Å². The normalized spacial score (nSPS) is 23.2. The highest BCUT2D eigenvalue weighted by Crippen LogP contribution is 2.37. The maximum absolute atomic E-state index is 13.8. The van der Waals surface area contributed by atoms with E-state index in [-0.39, 0.29) is 13.0 Å². The van der Waals surface area contributed by atoms with E-state index in [4.69, 9.17) is 0 Å². The predicted octanol–water partition coefficient (Wildman–Crippen LogP) is 5.57. The van der Waals surface area contributed by atoms with E-state index in [0.717, 1.165) is 18.0 Å². The van der Waals surface area contributed by atoms with Crippen molar-refractivity contribution < 1.29 is 8.78 Å². The zero-order chi connectivity index (χ0) is 17.0. The van der Waals surface area contributed by atoms with Gasteiger partial charge in [0.05, 0.1) is 6.54 Å². The number of hydrogen-bond acceptors (Lipinski definition) is 2. The number of hydrogen-bond donors (Lipinski definition) is 0. The minimum Gasteiger partial charge on any atom is -0.351 e. The second-order valence-corrected chi connectivity index (χ2v) is 7.16. The zero-order valence-electron chi connectivity index (χ0n) is 15.0. The van der Waals surface area contributed by atoms with Gasteiger partial charge in [0.15, 0.2) is 0 Å². The van der Waals surface area contributed by atoms with Crippen molar-refractivity contribution in [2.75, 3.05) is 13.1 Å². The highest BCUT2D eigenvalue weighted by Gasteiger charge is 2.36. The summed E-state index contributed by atoms with van der Waals surface area (Å²) in [6, 6.07) is 0. The van der Waals surface area contributed by atoms with Crippen LogP contribution in [-0.2, 0) is 0 Å². The van der Waals surface area contributed by atoms with Crippen molar-refractivity contribution in [3.63, 3.8) is 0 Å². The molecule has 0 amide bonds. The molecule has 0 unspecified atom stereocenters. The number of halogens is 2. The van der Waals surface area contributed by atoms with Crippen molar-refractivity contribution in [3.05, 3.63) is 23.0 Å². The van der Waals surface area contributed by atoms with Crippen LogP contribution in [0.2, 0.25) is 0 Å². The van der Waals surface area contributed by atoms with E-state index in [9.17, 15) is 8.78 Å². The molecule has 1 aliphatic carbocycles. The van der Waals surface area contributed by atoms with Crippen LogP contribution in [0.15, 0.2) is 28.0 Å². The summed E-state index contributed by atoms with van der Waals surface area (Å²) in [7, 11) is 0. The molecule has 2 fully saturated rings. The summed E-state index contributed by atoms with van der Waals surface area (Å²) in [5.41, 5.74) is 3.60. The Bertz CT molecular complexity index is 509. The summed E-state index contributed by atoms with van der Waals surface area (Å²) in [5.74, 6) is -1.30. The van der Waals surface area contributed by atoms with Crippen LogP contribution in [0.5, 0.6) is 0 Å². The molecule has 130 valence electrons. The molecule has 1 saturated carbocycles. The fourth-order valence-electron chi connectivity index (χ4n) is 3.24. The molecular formula is C19H30F2N2. The molecule has 1 aliphatic heterocycles. The molecule has 0 aromatic rings. The van der Waals surface area contributed by atoms with Crippen LogP contribution in [0.3, 0.4) is 0 Å². The third kappa shape index (κ3) is 4.89. The van der Waals surface area contributed by atoms with Gasteiger partial charge in [-0.05, 0) is 64.0 Å². The fraction of sp³-hybridized carbons (Fsp3) is 0.737. The maximum atomic E-state index is 13.8. The van der Waals surface area contributed by atoms with E-state index >= 15 is 0 Å². The van der Waals surface area contributed by atoms with Gasteiger partial charge >= 0.3 is 0 Å². The lowest BCUT2D eigenvalue weighted by atomic mass is 9.77. The Morgan fingerprint density at radius 2 is 1.91 bits per heavy atom. The average Bonchev–Trinajstić information content (AvgIpc) is 2.41. The van der Waals surface area contributed by atoms with Gasteiger partial charge in [-0.1, -0.05) is 18.9 Å². The van der Waals surface area contributed by atoms with Gasteiger partial charge in [-0.2, -0.15) is 0 Å². The molecule has 1 heterocycles. The van der Waals surface area contributed by atoms with Crippen LogP contribution in [0, 0.1) is 5.92 Å². The maximum Gasteiger partial charge on any atom is 0.265 e. The van der Waals surface area contributed by atoms with Crippen LogP contribution in [0.25, 0.3) is 0 Å². The van der Waals surface area contributed by atoms with Gasteiger partial charge in [-0.15, -0.1) is 0 Å². The van der Waals surface area contributed by atoms with Gasteiger partial charge in [0.1, 0.15) is 5.82 Å². The largest absolute Gasteiger partial charge is 0.351 e. The summed E-state index contributed by atoms with van der Waals surface area (Å²) in [4.78, 5) is 6.38. The molecule has 0 atom stereocenters. The van der Waals surface area contributed by atoms with Gasteiger partial charge < -0.3 is 4.90 Å². The number of allylic oxidation sites excluding steroid dienone is 3. The van der Waals surface area contributed by atoms with Gasteiger partial charge in [-0.3, -0.25) is 0 Å². The van der Waals surface area contributed by atoms with Crippen LogP contribution in [0.4, 0.5) is 8.78 Å². The molecular weight excluding hydrogens is 294 g/mol. The smallest absolute Gasteiger partial charge is 0.265 e. The van der Waals surface area contributed by atoms with E-state index in [1.807, 2.05) is 13.8 Å². The molecule has 23 heavy (non-hydrogen) atoms. The Balaban J connectivity index is 2.34. The Morgan fingerprint density at radius 1 is 1.22 bits per heavy atom. The van der Waals surface area contributed by atoms with Crippen molar-refractivity contribution in [1.29, 1.82) is 0 Å². The Hall–Kier alpha value is -1.19. The summed E-state index contributed by atoms with van der Waals surface area (Å²) in [6.07, 6.45) is 7.30. The van der Waals surface area contributed by atoms with E-state index in [1.165, 1.54) is 30.4 Å². The molecule has 0 aromatic carbocycles. The molecule has 4 heteroatoms. The number of rotatable bonds is 5. The molecule has 0 aromatic heterocycles. The van der Waals surface area contributed by atoms with Crippen molar-refractivity contribution in [3.8, 4) is 0 Å². The molecule has 2 nitrogen and oxygen atoms in total. The third-order valence-electron chi connectivity index (χ3n) is 4.91. The van der Waals surface area contributed by atoms with Gasteiger partial charge in [0.2, 0.25) is 0 Å². The van der Waals surface area contributed by atoms with E-state index in [0.29, 0.717) is 18.9 Å². The van der Waals surface area contributed by atoms with Crippen molar-refractivity contribution in [2.45, 2.75) is 72.1 Å². The van der Waals surface area contributed by atoms with Gasteiger partial charge in [-0.25, -0.2) is 13.8 Å². The van der Waals surface area contributed by atoms with Crippen molar-refractivity contribution in [1.82, 2.24) is 4.90 Å². The van der Waals surface area contributed by atoms with Gasteiger partial charge in [0, 0.05) is 18.7 Å². The monoisotopic (exact) mass is 324 g/mol. The first-order valence-electron chi connectivity index (χ1n) is 8.88. The summed E-state index contributed by atoms with van der Waals surface area (Å²) >= 11 is 0. The lowest BCUT2D eigenvalue weighted by molar-refractivity contribution is -0.0553. The zero-order valence-corrected chi connectivity index (χ0v) is 15.0. The van der Waals surface area contributed by atoms with E-state index < -0.39 is 5.92 Å². The Morgan fingerprint density at radius 3 is 2.39 bits per heavy atom. The number of piperidine rings is 1. The standard InChI is InChI=1S/C19H30F2N2/c1-5-15(4)17(16-8-6-9-16)12-18(22-14(2)3)23-11-7-10-19(20,21)13-23/h12,16H,5-11,13H2,1-4H3/b17-15-,18-12+. The summed E-state index contributed by atoms with van der Waals surface area (Å²) in [5, 5.41) is 0. The second-order valence-electron chi connectivity index (χ2n) is 7.16. The average molecular weight is 324 g/mol. The molecule has 0 bridgehead atoms. The molecule has 0 N–H and O–H groups in total. The number of aliphatic imine (C=N–C) groups is 1. The molecule has 0 spiro atoms. The van der Waals surface area contributed by atoms with Crippen LogP contribution in [0.1, 0.15) is 66.2 Å².